The van der Waals surface area contributed by atoms with E-state index in [1.807, 2.05) is 30.3 Å². The summed E-state index contributed by atoms with van der Waals surface area (Å²) >= 11 is 0. The maximum atomic E-state index is 14.3. The van der Waals surface area contributed by atoms with Crippen molar-refractivity contribution in [1.82, 2.24) is 0 Å². The molecule has 0 aromatic heterocycles. The number of amides is 1. The number of ether oxygens (including phenoxy) is 1. The van der Waals surface area contributed by atoms with Crippen LogP contribution in [-0.2, 0) is 11.4 Å². The predicted octanol–water partition coefficient (Wildman–Crippen LogP) is 3.72. The Labute approximate surface area is 152 Å². The fraction of sp³-hybridized carbons (Fsp3) is 0.381. The molecule has 2 aromatic carbocycles. The molecule has 4 atom stereocenters. The first-order valence-corrected chi connectivity index (χ1v) is 9.13. The third kappa shape index (κ3) is 3.44. The Morgan fingerprint density at radius 3 is 2.65 bits per heavy atom. The SMILES string of the molecule is N[C@@H]1C[C@H]2C[C@H](C(=O)Nc3ccc(OCc4ccccc4)c(F)c3)C[C@H]21. The lowest BCUT2D eigenvalue weighted by Crippen LogP contribution is -2.44. The average molecular weight is 354 g/mol. The van der Waals surface area contributed by atoms with Gasteiger partial charge in [0.05, 0.1) is 0 Å². The number of fused-ring (bicyclic) bond motifs is 1. The van der Waals surface area contributed by atoms with E-state index in [0.717, 1.165) is 24.8 Å². The normalized spacial score (nSPS) is 26.7. The van der Waals surface area contributed by atoms with Gasteiger partial charge >= 0.3 is 0 Å². The number of benzene rings is 2. The number of carbonyl (C=O) groups excluding carboxylic acids is 1. The second-order valence-corrected chi connectivity index (χ2v) is 7.40. The van der Waals surface area contributed by atoms with Gasteiger partial charge in [-0.25, -0.2) is 4.39 Å². The van der Waals surface area contributed by atoms with Crippen LogP contribution in [0.15, 0.2) is 48.5 Å². The zero-order chi connectivity index (χ0) is 18.1. The molecule has 2 aromatic rings. The molecule has 5 heteroatoms. The number of carbonyl (C=O) groups is 1. The van der Waals surface area contributed by atoms with Crippen LogP contribution in [0.2, 0.25) is 0 Å². The third-order valence-corrected chi connectivity index (χ3v) is 5.68. The van der Waals surface area contributed by atoms with E-state index in [4.69, 9.17) is 10.5 Å². The zero-order valence-corrected chi connectivity index (χ0v) is 14.5. The number of rotatable bonds is 5. The van der Waals surface area contributed by atoms with Gasteiger partial charge in [0, 0.05) is 23.7 Å². The number of nitrogens with one attached hydrogen (secondary N) is 1. The van der Waals surface area contributed by atoms with E-state index in [2.05, 4.69) is 5.32 Å². The van der Waals surface area contributed by atoms with Crippen molar-refractivity contribution < 1.29 is 13.9 Å². The van der Waals surface area contributed by atoms with Crippen molar-refractivity contribution in [3.63, 3.8) is 0 Å². The summed E-state index contributed by atoms with van der Waals surface area (Å²) < 4.78 is 19.8. The lowest BCUT2D eigenvalue weighted by molar-refractivity contribution is -0.119. The minimum absolute atomic E-state index is 0.0179. The first-order chi connectivity index (χ1) is 12.6. The molecule has 2 aliphatic rings. The second-order valence-electron chi connectivity index (χ2n) is 7.40. The molecule has 0 heterocycles. The Bertz CT molecular complexity index is 796. The molecular formula is C21H23FN2O2. The van der Waals surface area contributed by atoms with Crippen molar-refractivity contribution in [2.45, 2.75) is 31.9 Å². The standard InChI is InChI=1S/C21H23FN2O2/c22-18-11-16(6-7-20(18)26-12-13-4-2-1-3-5-13)24-21(25)15-8-14-10-19(23)17(14)9-15/h1-7,11,14-15,17,19H,8-10,12,23H2,(H,24,25)/t14-,15+,17-,19-/m1/s1. The van der Waals surface area contributed by atoms with Crippen molar-refractivity contribution in [3.8, 4) is 5.75 Å². The van der Waals surface area contributed by atoms with Crippen LogP contribution in [0.5, 0.6) is 5.75 Å². The van der Waals surface area contributed by atoms with Gasteiger partial charge in [-0.15, -0.1) is 0 Å². The fourth-order valence-corrected chi connectivity index (χ4v) is 4.17. The lowest BCUT2D eigenvalue weighted by Gasteiger charge is -2.37. The molecule has 0 bridgehead atoms. The lowest BCUT2D eigenvalue weighted by atomic mass is 9.72. The van der Waals surface area contributed by atoms with E-state index < -0.39 is 5.82 Å². The van der Waals surface area contributed by atoms with Crippen LogP contribution in [0.25, 0.3) is 0 Å². The van der Waals surface area contributed by atoms with Gasteiger partial charge in [-0.3, -0.25) is 4.79 Å². The smallest absolute Gasteiger partial charge is 0.227 e. The molecule has 0 aliphatic heterocycles. The van der Waals surface area contributed by atoms with Gasteiger partial charge < -0.3 is 15.8 Å². The van der Waals surface area contributed by atoms with E-state index in [0.29, 0.717) is 24.1 Å². The number of hydrogen-bond acceptors (Lipinski definition) is 3. The van der Waals surface area contributed by atoms with Crippen molar-refractivity contribution in [2.75, 3.05) is 5.32 Å². The maximum Gasteiger partial charge on any atom is 0.227 e. The molecule has 2 saturated carbocycles. The summed E-state index contributed by atoms with van der Waals surface area (Å²) in [5, 5.41) is 2.83. The molecule has 0 saturated heterocycles. The highest BCUT2D eigenvalue weighted by Crippen LogP contribution is 2.49. The first kappa shape index (κ1) is 17.0. The first-order valence-electron chi connectivity index (χ1n) is 9.13. The van der Waals surface area contributed by atoms with Crippen molar-refractivity contribution in [1.29, 1.82) is 0 Å². The molecule has 2 fully saturated rings. The Hall–Kier alpha value is -2.40. The van der Waals surface area contributed by atoms with Gasteiger partial charge in [-0.1, -0.05) is 30.3 Å². The Morgan fingerprint density at radius 2 is 1.96 bits per heavy atom. The van der Waals surface area contributed by atoms with E-state index in [1.54, 1.807) is 12.1 Å². The van der Waals surface area contributed by atoms with Crippen molar-refractivity contribution >= 4 is 11.6 Å². The van der Waals surface area contributed by atoms with Gasteiger partial charge in [-0.2, -0.15) is 0 Å². The molecule has 4 rings (SSSR count). The van der Waals surface area contributed by atoms with Crippen LogP contribution >= 0.6 is 0 Å². The molecule has 0 radical (unpaired) electrons. The second kappa shape index (κ2) is 7.08. The molecule has 2 aliphatic carbocycles. The number of halogens is 1. The van der Waals surface area contributed by atoms with Crippen LogP contribution in [0.1, 0.15) is 24.8 Å². The third-order valence-electron chi connectivity index (χ3n) is 5.68. The summed E-state index contributed by atoms with van der Waals surface area (Å²) in [5.41, 5.74) is 7.42. The van der Waals surface area contributed by atoms with Gasteiger partial charge in [0.2, 0.25) is 5.91 Å². The number of anilines is 1. The van der Waals surface area contributed by atoms with Crippen LogP contribution in [0.4, 0.5) is 10.1 Å². The summed E-state index contributed by atoms with van der Waals surface area (Å²) in [6, 6.07) is 14.4. The van der Waals surface area contributed by atoms with Crippen LogP contribution in [-0.4, -0.2) is 11.9 Å². The van der Waals surface area contributed by atoms with Crippen LogP contribution in [0, 0.1) is 23.6 Å². The highest BCUT2D eigenvalue weighted by atomic mass is 19.1. The molecule has 0 spiro atoms. The molecule has 1 amide bonds. The van der Waals surface area contributed by atoms with E-state index in [-0.39, 0.29) is 23.6 Å². The monoisotopic (exact) mass is 354 g/mol. The number of hydrogen-bond donors (Lipinski definition) is 2. The average Bonchev–Trinajstić information content (AvgIpc) is 2.99. The number of nitrogens with two attached hydrogens (primary N) is 1. The van der Waals surface area contributed by atoms with Gasteiger partial charge in [0.25, 0.3) is 0 Å². The van der Waals surface area contributed by atoms with E-state index in [9.17, 15) is 9.18 Å². The molecule has 26 heavy (non-hydrogen) atoms. The summed E-state index contributed by atoms with van der Waals surface area (Å²) in [7, 11) is 0. The summed E-state index contributed by atoms with van der Waals surface area (Å²) in [6.45, 7) is 0.300. The molecule has 0 unspecified atom stereocenters. The minimum Gasteiger partial charge on any atom is -0.486 e. The van der Waals surface area contributed by atoms with Crippen molar-refractivity contribution in [2.24, 2.45) is 23.5 Å². The highest BCUT2D eigenvalue weighted by molar-refractivity contribution is 5.92. The summed E-state index contributed by atoms with van der Waals surface area (Å²) in [5.74, 6) is 0.714. The topological polar surface area (TPSA) is 64.4 Å². The summed E-state index contributed by atoms with van der Waals surface area (Å²) in [4.78, 5) is 12.4. The Kier molecular flexibility index (Phi) is 4.64. The molecule has 136 valence electrons. The van der Waals surface area contributed by atoms with Gasteiger partial charge in [0.1, 0.15) is 6.61 Å². The van der Waals surface area contributed by atoms with Crippen LogP contribution < -0.4 is 15.8 Å². The Balaban J connectivity index is 1.34. The zero-order valence-electron chi connectivity index (χ0n) is 14.5. The van der Waals surface area contributed by atoms with Crippen LogP contribution in [0.3, 0.4) is 0 Å². The summed E-state index contributed by atoms with van der Waals surface area (Å²) in [6.07, 6.45) is 2.76. The molecule has 3 N–H and O–H groups in total. The minimum atomic E-state index is -0.479. The predicted molar refractivity (Wildman–Crippen MR) is 98.1 cm³/mol. The maximum absolute atomic E-state index is 14.3. The van der Waals surface area contributed by atoms with Crippen molar-refractivity contribution in [3.05, 3.63) is 59.9 Å². The fourth-order valence-electron chi connectivity index (χ4n) is 4.17. The highest BCUT2D eigenvalue weighted by Gasteiger charge is 2.47. The van der Waals surface area contributed by atoms with Gasteiger partial charge in [0.15, 0.2) is 11.6 Å². The van der Waals surface area contributed by atoms with Gasteiger partial charge in [-0.05, 0) is 48.8 Å². The quantitative estimate of drug-likeness (QED) is 0.860. The molecular weight excluding hydrogens is 331 g/mol. The molecule has 4 nitrogen and oxygen atoms in total. The van der Waals surface area contributed by atoms with E-state index >= 15 is 0 Å². The Morgan fingerprint density at radius 1 is 1.15 bits per heavy atom. The van der Waals surface area contributed by atoms with E-state index in [1.165, 1.54) is 6.07 Å². The largest absolute Gasteiger partial charge is 0.486 e.